The molecule has 1 aromatic rings. The second-order valence-electron chi connectivity index (χ2n) is 10.0. The molecule has 1 unspecified atom stereocenters. The highest BCUT2D eigenvalue weighted by Gasteiger charge is 2.62. The van der Waals surface area contributed by atoms with Gasteiger partial charge in [0.1, 0.15) is 0 Å². The maximum absolute atomic E-state index is 12.7. The van der Waals surface area contributed by atoms with Crippen LogP contribution in [0.15, 0.2) is 0 Å². The normalized spacial score (nSPS) is 35.0. The third kappa shape index (κ3) is 2.40. The molecule has 1 atom stereocenters. The predicted molar refractivity (Wildman–Crippen MR) is 113 cm³/mol. The summed E-state index contributed by atoms with van der Waals surface area (Å²) in [5.74, 6) is 1.10. The molecule has 1 aromatic carbocycles. The van der Waals surface area contributed by atoms with E-state index in [0.29, 0.717) is 12.1 Å². The average Bonchev–Trinajstić information content (AvgIpc) is 3.09. The molecule has 2 heterocycles. The van der Waals surface area contributed by atoms with Crippen LogP contribution in [0, 0.1) is 12.3 Å². The van der Waals surface area contributed by atoms with Gasteiger partial charge in [-0.1, -0.05) is 6.92 Å². The van der Waals surface area contributed by atoms with Crippen molar-refractivity contribution in [1.82, 2.24) is 10.2 Å². The minimum atomic E-state index is -0.649. The van der Waals surface area contributed by atoms with E-state index in [2.05, 4.69) is 38.2 Å². The first kappa shape index (κ1) is 19.2. The number of amides is 1. The zero-order chi connectivity index (χ0) is 20.6. The maximum atomic E-state index is 12.7. The van der Waals surface area contributed by atoms with E-state index in [9.17, 15) is 4.79 Å². The highest BCUT2D eigenvalue weighted by Crippen LogP contribution is 2.63. The zero-order valence-electron chi connectivity index (χ0n) is 18.5. The van der Waals surface area contributed by atoms with Crippen molar-refractivity contribution in [3.8, 4) is 11.5 Å². The molecule has 158 valence electrons. The number of hydrogen-bond donors (Lipinski definition) is 1. The molecule has 5 aliphatic rings. The SMILES string of the molecule is CCc1c2c(c(C)c3c1OC(C)(C14CCC(N(C)C)(CC1)CC4)O3)C(=O)NCC2. The first-order valence-electron chi connectivity index (χ1n) is 11.3. The zero-order valence-corrected chi connectivity index (χ0v) is 18.5. The van der Waals surface area contributed by atoms with Gasteiger partial charge in [0.2, 0.25) is 0 Å². The summed E-state index contributed by atoms with van der Waals surface area (Å²) in [6, 6.07) is 0. The van der Waals surface area contributed by atoms with Gasteiger partial charge in [-0.3, -0.25) is 4.79 Å². The molecule has 1 amide bonds. The number of nitrogens with zero attached hydrogens (tertiary/aromatic N) is 1. The van der Waals surface area contributed by atoms with Crippen molar-refractivity contribution in [2.45, 2.75) is 83.5 Å². The van der Waals surface area contributed by atoms with Crippen LogP contribution in [-0.2, 0) is 12.8 Å². The van der Waals surface area contributed by atoms with E-state index in [1.807, 2.05) is 6.92 Å². The molecule has 3 saturated carbocycles. The molecule has 0 aromatic heterocycles. The first-order chi connectivity index (χ1) is 13.8. The fourth-order valence-corrected chi connectivity index (χ4v) is 6.66. The molecule has 29 heavy (non-hydrogen) atoms. The number of carbonyl (C=O) groups is 1. The Bertz CT molecular complexity index is 866. The van der Waals surface area contributed by atoms with Crippen molar-refractivity contribution in [3.05, 3.63) is 22.3 Å². The van der Waals surface area contributed by atoms with Crippen molar-refractivity contribution >= 4 is 5.91 Å². The largest absolute Gasteiger partial charge is 0.448 e. The number of ether oxygens (including phenoxy) is 2. The van der Waals surface area contributed by atoms with Gasteiger partial charge in [-0.05, 0) is 77.9 Å². The van der Waals surface area contributed by atoms with E-state index in [4.69, 9.17) is 9.47 Å². The lowest BCUT2D eigenvalue weighted by molar-refractivity contribution is -0.212. The Balaban J connectivity index is 1.55. The maximum Gasteiger partial charge on any atom is 0.254 e. The van der Waals surface area contributed by atoms with Crippen molar-refractivity contribution in [1.29, 1.82) is 0 Å². The number of rotatable bonds is 3. The predicted octanol–water partition coefficient (Wildman–Crippen LogP) is 3.99. The molecule has 5 nitrogen and oxygen atoms in total. The Morgan fingerprint density at radius 2 is 1.66 bits per heavy atom. The van der Waals surface area contributed by atoms with Crippen LogP contribution in [0.1, 0.15) is 79.4 Å². The summed E-state index contributed by atoms with van der Waals surface area (Å²) >= 11 is 0. The number of nitrogens with one attached hydrogen (secondary N) is 1. The summed E-state index contributed by atoms with van der Waals surface area (Å²) in [6.45, 7) is 7.03. The Hall–Kier alpha value is -1.75. The van der Waals surface area contributed by atoms with E-state index < -0.39 is 5.79 Å². The molecule has 3 fully saturated rings. The van der Waals surface area contributed by atoms with Gasteiger partial charge < -0.3 is 19.7 Å². The van der Waals surface area contributed by atoms with Gasteiger partial charge >= 0.3 is 0 Å². The molecule has 0 saturated heterocycles. The molecule has 2 aliphatic heterocycles. The topological polar surface area (TPSA) is 50.8 Å². The third-order valence-corrected chi connectivity index (χ3v) is 8.82. The van der Waals surface area contributed by atoms with Crippen LogP contribution in [0.2, 0.25) is 0 Å². The molecule has 2 bridgehead atoms. The smallest absolute Gasteiger partial charge is 0.254 e. The van der Waals surface area contributed by atoms with E-state index in [1.54, 1.807) is 0 Å². The lowest BCUT2D eigenvalue weighted by Crippen LogP contribution is -2.62. The van der Waals surface area contributed by atoms with Crippen LogP contribution in [0.4, 0.5) is 0 Å². The van der Waals surface area contributed by atoms with E-state index >= 15 is 0 Å². The van der Waals surface area contributed by atoms with Gasteiger partial charge in [-0.15, -0.1) is 0 Å². The third-order valence-electron chi connectivity index (χ3n) is 8.82. The molecular formula is C24H34N2O3. The summed E-state index contributed by atoms with van der Waals surface area (Å²) in [7, 11) is 4.45. The van der Waals surface area contributed by atoms with Gasteiger partial charge in [0.15, 0.2) is 11.5 Å². The molecule has 3 aliphatic carbocycles. The van der Waals surface area contributed by atoms with Gasteiger partial charge in [0.05, 0.1) is 0 Å². The number of benzene rings is 1. The minimum Gasteiger partial charge on any atom is -0.448 e. The Kier molecular flexibility index (Phi) is 4.06. The van der Waals surface area contributed by atoms with E-state index in [1.165, 1.54) is 24.8 Å². The second kappa shape index (κ2) is 6.13. The molecule has 1 N–H and O–H groups in total. The standard InChI is InChI=1S/C24H34N2O3/c1-6-16-17-7-14-25-21(27)18(17)15(2)19-20(16)29-22(3,28-19)23-8-11-24(12-9-23,13-10-23)26(4)5/h6-14H2,1-5H3,(H,25,27). The van der Waals surface area contributed by atoms with Crippen LogP contribution in [0.25, 0.3) is 0 Å². The Labute approximate surface area is 174 Å². The first-order valence-corrected chi connectivity index (χ1v) is 11.3. The number of carbonyl (C=O) groups excluding carboxylic acids is 1. The average molecular weight is 399 g/mol. The highest BCUT2D eigenvalue weighted by molar-refractivity contribution is 6.00. The minimum absolute atomic E-state index is 0.0303. The lowest BCUT2D eigenvalue weighted by atomic mass is 9.54. The fraction of sp³-hybridized carbons (Fsp3) is 0.708. The summed E-state index contributed by atoms with van der Waals surface area (Å²) in [6.07, 6.45) is 8.75. The number of hydrogen-bond acceptors (Lipinski definition) is 4. The van der Waals surface area contributed by atoms with Gasteiger partial charge in [0.25, 0.3) is 11.7 Å². The quantitative estimate of drug-likeness (QED) is 0.837. The van der Waals surface area contributed by atoms with Crippen LogP contribution in [0.5, 0.6) is 11.5 Å². The van der Waals surface area contributed by atoms with E-state index in [0.717, 1.165) is 60.3 Å². The van der Waals surface area contributed by atoms with E-state index in [-0.39, 0.29) is 11.3 Å². The van der Waals surface area contributed by atoms with Gasteiger partial charge in [-0.2, -0.15) is 0 Å². The second-order valence-corrected chi connectivity index (χ2v) is 10.0. The Morgan fingerprint density at radius 1 is 1.03 bits per heavy atom. The van der Waals surface area contributed by atoms with Crippen molar-refractivity contribution < 1.29 is 14.3 Å². The highest BCUT2D eigenvalue weighted by atomic mass is 16.7. The molecule has 6 rings (SSSR count). The summed E-state index contributed by atoms with van der Waals surface area (Å²) in [4.78, 5) is 15.1. The van der Waals surface area contributed by atoms with Crippen LogP contribution in [-0.4, -0.2) is 42.8 Å². The van der Waals surface area contributed by atoms with Gasteiger partial charge in [-0.25, -0.2) is 0 Å². The Morgan fingerprint density at radius 3 is 2.24 bits per heavy atom. The van der Waals surface area contributed by atoms with Crippen LogP contribution >= 0.6 is 0 Å². The van der Waals surface area contributed by atoms with Crippen LogP contribution in [0.3, 0.4) is 0 Å². The van der Waals surface area contributed by atoms with Crippen LogP contribution < -0.4 is 14.8 Å². The summed E-state index contributed by atoms with van der Waals surface area (Å²) in [5, 5.41) is 3.01. The van der Waals surface area contributed by atoms with Crippen molar-refractivity contribution in [3.63, 3.8) is 0 Å². The summed E-state index contributed by atoms with van der Waals surface area (Å²) < 4.78 is 13.5. The summed E-state index contributed by atoms with van der Waals surface area (Å²) in [5.41, 5.74) is 4.49. The lowest BCUT2D eigenvalue weighted by Gasteiger charge is -2.59. The molecule has 0 spiro atoms. The van der Waals surface area contributed by atoms with Gasteiger partial charge in [0, 0.05) is 41.1 Å². The number of fused-ring (bicyclic) bond motifs is 5. The molecule has 5 heteroatoms. The molecular weight excluding hydrogens is 364 g/mol. The fourth-order valence-electron chi connectivity index (χ4n) is 6.66. The van der Waals surface area contributed by atoms with Crippen molar-refractivity contribution in [2.24, 2.45) is 5.41 Å². The monoisotopic (exact) mass is 398 g/mol. The van der Waals surface area contributed by atoms with Crippen molar-refractivity contribution in [2.75, 3.05) is 20.6 Å². The molecule has 0 radical (unpaired) electrons.